The van der Waals surface area contributed by atoms with E-state index < -0.39 is 0 Å². The highest BCUT2D eigenvalue weighted by molar-refractivity contribution is 5.80. The molecule has 0 heterocycles. The average molecular weight is 118 g/mol. The molecule has 0 aromatic heterocycles. The first-order valence-corrected chi connectivity index (χ1v) is 2.15. The summed E-state index contributed by atoms with van der Waals surface area (Å²) in [7, 11) is 1.56. The predicted octanol–water partition coefficient (Wildman–Crippen LogP) is -0.284. The maximum Gasteiger partial charge on any atom is 0.236 e. The zero-order valence-corrected chi connectivity index (χ0v) is 4.56. The lowest BCUT2D eigenvalue weighted by molar-refractivity contribution is -0.121. The molecular formula is C5H14N2O. The van der Waals surface area contributed by atoms with E-state index in [0.717, 1.165) is 0 Å². The molecule has 0 bridgehead atoms. The first kappa shape index (κ1) is 10.4. The maximum atomic E-state index is 10.3. The number of rotatable bonds is 1. The van der Waals surface area contributed by atoms with Gasteiger partial charge in [0.1, 0.15) is 0 Å². The summed E-state index contributed by atoms with van der Waals surface area (Å²) in [5.74, 6) is -0.125. The number of nitrogens with two attached hydrogens (primary N) is 1. The van der Waals surface area contributed by atoms with Crippen molar-refractivity contribution in [2.45, 2.75) is 20.4 Å². The Morgan fingerprint density at radius 2 is 2.12 bits per heavy atom. The van der Waals surface area contributed by atoms with Gasteiger partial charge in [-0.05, 0) is 6.92 Å². The van der Waals surface area contributed by atoms with Crippen LogP contribution in [0.4, 0.5) is 0 Å². The largest absolute Gasteiger partial charge is 0.358 e. The highest BCUT2D eigenvalue weighted by Crippen LogP contribution is 1.69. The van der Waals surface area contributed by atoms with Crippen molar-refractivity contribution in [3.05, 3.63) is 0 Å². The van der Waals surface area contributed by atoms with E-state index in [-0.39, 0.29) is 19.4 Å². The number of hydrogen-bond donors (Lipinski definition) is 2. The Bertz CT molecular complexity index is 70.8. The van der Waals surface area contributed by atoms with E-state index in [9.17, 15) is 4.79 Å². The van der Waals surface area contributed by atoms with Gasteiger partial charge in [-0.15, -0.1) is 0 Å². The van der Waals surface area contributed by atoms with E-state index in [0.29, 0.717) is 0 Å². The second kappa shape index (κ2) is 4.59. The standard InChI is InChI=1S/C4H10N2O.CH4/c1-3(5)4(7)6-2;/h3H,5H2,1-2H3,(H,6,7);1H4. The molecule has 3 N–H and O–H groups in total. The van der Waals surface area contributed by atoms with E-state index in [1.165, 1.54) is 0 Å². The average Bonchev–Trinajstić information content (AvgIpc) is 1.65. The Balaban J connectivity index is 0. The molecule has 0 fully saturated rings. The summed E-state index contributed by atoms with van der Waals surface area (Å²) in [5, 5.41) is 2.40. The summed E-state index contributed by atoms with van der Waals surface area (Å²) < 4.78 is 0. The normalized spacial score (nSPS) is 11.4. The van der Waals surface area contributed by atoms with E-state index >= 15 is 0 Å². The minimum Gasteiger partial charge on any atom is -0.358 e. The van der Waals surface area contributed by atoms with Crippen LogP contribution in [0.25, 0.3) is 0 Å². The van der Waals surface area contributed by atoms with Crippen LogP contribution in [0.5, 0.6) is 0 Å². The Hall–Kier alpha value is -0.570. The second-order valence-corrected chi connectivity index (χ2v) is 1.40. The SMILES string of the molecule is C.CNC(=O)C(C)N. The number of likely N-dealkylation sites (N-methyl/N-ethyl adjacent to an activating group) is 1. The fourth-order valence-electron chi connectivity index (χ4n) is 0.228. The van der Waals surface area contributed by atoms with Gasteiger partial charge in [0.15, 0.2) is 0 Å². The van der Waals surface area contributed by atoms with Crippen LogP contribution < -0.4 is 11.1 Å². The highest BCUT2D eigenvalue weighted by Gasteiger charge is 2.00. The third-order valence-electron chi connectivity index (χ3n) is 0.660. The van der Waals surface area contributed by atoms with Gasteiger partial charge < -0.3 is 11.1 Å². The number of amides is 1. The van der Waals surface area contributed by atoms with Gasteiger partial charge in [0.05, 0.1) is 6.04 Å². The Morgan fingerprint density at radius 3 is 2.12 bits per heavy atom. The molecule has 0 saturated carbocycles. The van der Waals surface area contributed by atoms with Gasteiger partial charge in [0.2, 0.25) is 5.91 Å². The molecule has 0 aromatic rings. The Labute approximate surface area is 50.3 Å². The van der Waals surface area contributed by atoms with Crippen molar-refractivity contribution in [1.82, 2.24) is 5.32 Å². The first-order chi connectivity index (χ1) is 3.18. The number of carbonyl (C=O) groups excluding carboxylic acids is 1. The molecular weight excluding hydrogens is 104 g/mol. The predicted molar refractivity (Wildman–Crippen MR) is 34.4 cm³/mol. The van der Waals surface area contributed by atoms with Crippen LogP contribution in [-0.2, 0) is 4.79 Å². The molecule has 0 aliphatic carbocycles. The molecule has 0 aliphatic heterocycles. The minimum atomic E-state index is -0.384. The van der Waals surface area contributed by atoms with E-state index in [4.69, 9.17) is 5.73 Å². The van der Waals surface area contributed by atoms with Crippen molar-refractivity contribution < 1.29 is 4.79 Å². The van der Waals surface area contributed by atoms with Crippen LogP contribution in [0.2, 0.25) is 0 Å². The van der Waals surface area contributed by atoms with Crippen LogP contribution >= 0.6 is 0 Å². The molecule has 3 heteroatoms. The molecule has 1 amide bonds. The van der Waals surface area contributed by atoms with Crippen LogP contribution in [0, 0.1) is 0 Å². The summed E-state index contributed by atoms with van der Waals surface area (Å²) in [6.07, 6.45) is 0. The summed E-state index contributed by atoms with van der Waals surface area (Å²) in [6.45, 7) is 1.64. The molecule has 0 spiro atoms. The molecule has 8 heavy (non-hydrogen) atoms. The molecule has 0 aliphatic rings. The lowest BCUT2D eigenvalue weighted by Crippen LogP contribution is -2.35. The fraction of sp³-hybridized carbons (Fsp3) is 0.800. The topological polar surface area (TPSA) is 55.1 Å². The van der Waals surface area contributed by atoms with E-state index in [1.54, 1.807) is 14.0 Å². The minimum absolute atomic E-state index is 0. The molecule has 1 unspecified atom stereocenters. The van der Waals surface area contributed by atoms with Crippen molar-refractivity contribution in [1.29, 1.82) is 0 Å². The maximum absolute atomic E-state index is 10.3. The molecule has 0 rings (SSSR count). The highest BCUT2D eigenvalue weighted by atomic mass is 16.2. The van der Waals surface area contributed by atoms with Gasteiger partial charge in [0, 0.05) is 7.05 Å². The van der Waals surface area contributed by atoms with Crippen molar-refractivity contribution in [3.63, 3.8) is 0 Å². The van der Waals surface area contributed by atoms with Gasteiger partial charge in [-0.25, -0.2) is 0 Å². The number of hydrogen-bond acceptors (Lipinski definition) is 2. The molecule has 0 radical (unpaired) electrons. The second-order valence-electron chi connectivity index (χ2n) is 1.40. The first-order valence-electron chi connectivity index (χ1n) is 2.15. The van der Waals surface area contributed by atoms with Gasteiger partial charge in [-0.3, -0.25) is 4.79 Å². The van der Waals surface area contributed by atoms with Gasteiger partial charge in [-0.2, -0.15) is 0 Å². The summed E-state index contributed by atoms with van der Waals surface area (Å²) in [6, 6.07) is -0.384. The monoisotopic (exact) mass is 118 g/mol. The van der Waals surface area contributed by atoms with Crippen LogP contribution in [0.15, 0.2) is 0 Å². The van der Waals surface area contributed by atoms with Crippen molar-refractivity contribution in [2.75, 3.05) is 7.05 Å². The van der Waals surface area contributed by atoms with Gasteiger partial charge in [-0.1, -0.05) is 7.43 Å². The number of carbonyl (C=O) groups is 1. The third kappa shape index (κ3) is 3.61. The van der Waals surface area contributed by atoms with Crippen molar-refractivity contribution >= 4 is 5.91 Å². The van der Waals surface area contributed by atoms with Crippen LogP contribution in [-0.4, -0.2) is 19.0 Å². The zero-order chi connectivity index (χ0) is 5.86. The third-order valence-corrected chi connectivity index (χ3v) is 0.660. The van der Waals surface area contributed by atoms with Gasteiger partial charge in [0.25, 0.3) is 0 Å². The van der Waals surface area contributed by atoms with E-state index in [2.05, 4.69) is 5.32 Å². The Kier molecular flexibility index (Phi) is 5.97. The van der Waals surface area contributed by atoms with Crippen LogP contribution in [0.3, 0.4) is 0 Å². The molecule has 0 aromatic carbocycles. The molecule has 0 saturated heterocycles. The number of nitrogens with one attached hydrogen (secondary N) is 1. The van der Waals surface area contributed by atoms with Crippen molar-refractivity contribution in [2.24, 2.45) is 5.73 Å². The summed E-state index contributed by atoms with van der Waals surface area (Å²) in [4.78, 5) is 10.3. The van der Waals surface area contributed by atoms with E-state index in [1.807, 2.05) is 0 Å². The summed E-state index contributed by atoms with van der Waals surface area (Å²) >= 11 is 0. The summed E-state index contributed by atoms with van der Waals surface area (Å²) in [5.41, 5.74) is 5.13. The fourth-order valence-corrected chi connectivity index (χ4v) is 0.228. The zero-order valence-electron chi connectivity index (χ0n) is 4.56. The quantitative estimate of drug-likeness (QED) is 0.497. The molecule has 3 nitrogen and oxygen atoms in total. The lowest BCUT2D eigenvalue weighted by atomic mass is 10.3. The smallest absolute Gasteiger partial charge is 0.236 e. The molecule has 1 atom stereocenters. The van der Waals surface area contributed by atoms with Crippen molar-refractivity contribution in [3.8, 4) is 0 Å². The van der Waals surface area contributed by atoms with Crippen LogP contribution in [0.1, 0.15) is 14.4 Å². The Morgan fingerprint density at radius 1 is 1.75 bits per heavy atom. The molecule has 50 valence electrons. The lowest BCUT2D eigenvalue weighted by Gasteiger charge is -1.99. The van der Waals surface area contributed by atoms with Gasteiger partial charge >= 0.3 is 0 Å².